The van der Waals surface area contributed by atoms with E-state index in [1.807, 2.05) is 6.92 Å². The van der Waals surface area contributed by atoms with Crippen molar-refractivity contribution in [3.63, 3.8) is 0 Å². The number of allylic oxidation sites excluding steroid dienone is 1. The van der Waals surface area contributed by atoms with Gasteiger partial charge in [-0.15, -0.1) is 0 Å². The Balaban J connectivity index is 2.22. The van der Waals surface area contributed by atoms with Gasteiger partial charge in [0.15, 0.2) is 0 Å². The number of rotatable bonds is 0. The van der Waals surface area contributed by atoms with Crippen molar-refractivity contribution in [1.29, 1.82) is 0 Å². The molecule has 1 heterocycles. The summed E-state index contributed by atoms with van der Waals surface area (Å²) < 4.78 is 5.46. The van der Waals surface area contributed by atoms with E-state index in [1.165, 1.54) is 24.8 Å². The normalized spacial score (nSPS) is 37.6. The lowest BCUT2D eigenvalue weighted by atomic mass is 9.92. The summed E-state index contributed by atoms with van der Waals surface area (Å²) >= 11 is 0. The van der Waals surface area contributed by atoms with Gasteiger partial charge in [0.05, 0.1) is 0 Å². The summed E-state index contributed by atoms with van der Waals surface area (Å²) in [5, 5.41) is 0. The largest absolute Gasteiger partial charge is 0.462 e. The molecule has 0 aromatic carbocycles. The number of fused-ring (bicyclic) bond motifs is 1. The number of cyclic esters (lactones) is 1. The molecule has 0 aromatic rings. The van der Waals surface area contributed by atoms with Gasteiger partial charge in [-0.1, -0.05) is 11.1 Å². The molecular formula is C13H20O2. The van der Waals surface area contributed by atoms with Crippen LogP contribution in [0.15, 0.2) is 11.1 Å². The van der Waals surface area contributed by atoms with Crippen molar-refractivity contribution in [1.82, 2.24) is 0 Å². The Labute approximate surface area is 91.7 Å². The van der Waals surface area contributed by atoms with Gasteiger partial charge in [0, 0.05) is 12.3 Å². The predicted molar refractivity (Wildman–Crippen MR) is 59.4 cm³/mol. The van der Waals surface area contributed by atoms with E-state index >= 15 is 0 Å². The van der Waals surface area contributed by atoms with Crippen molar-refractivity contribution in [3.05, 3.63) is 11.1 Å². The second kappa shape index (κ2) is 4.38. The highest BCUT2D eigenvalue weighted by molar-refractivity contribution is 5.69. The van der Waals surface area contributed by atoms with Crippen LogP contribution in [-0.2, 0) is 9.53 Å². The quantitative estimate of drug-likeness (QED) is 0.451. The summed E-state index contributed by atoms with van der Waals surface area (Å²) in [7, 11) is 0. The monoisotopic (exact) mass is 208 g/mol. The third-order valence-corrected chi connectivity index (χ3v) is 3.77. The Kier molecular flexibility index (Phi) is 3.13. The van der Waals surface area contributed by atoms with E-state index in [0.29, 0.717) is 12.3 Å². The third kappa shape index (κ3) is 2.24. The molecule has 2 nitrogen and oxygen atoms in total. The highest BCUT2D eigenvalue weighted by Gasteiger charge is 2.30. The lowest BCUT2D eigenvalue weighted by Crippen LogP contribution is -2.22. The number of hydrogen-bond donors (Lipinski definition) is 0. The molecule has 1 saturated carbocycles. The second-order valence-corrected chi connectivity index (χ2v) is 4.85. The average Bonchev–Trinajstić information content (AvgIpc) is 2.65. The first-order valence-electron chi connectivity index (χ1n) is 6.06. The molecule has 0 spiro atoms. The van der Waals surface area contributed by atoms with Crippen LogP contribution in [0.25, 0.3) is 0 Å². The van der Waals surface area contributed by atoms with Crippen LogP contribution in [0, 0.1) is 5.92 Å². The van der Waals surface area contributed by atoms with Gasteiger partial charge >= 0.3 is 5.97 Å². The van der Waals surface area contributed by atoms with E-state index in [2.05, 4.69) is 6.92 Å². The standard InChI is InChI=1S/C13H20O2/c1-9-5-3-8-13(14)15-10(2)12-7-4-6-11(9)12/h10,12H,3-8H2,1-2H3/b11-9-/t10-,12-/m0/s1. The minimum absolute atomic E-state index is 0.0107. The topological polar surface area (TPSA) is 26.3 Å². The lowest BCUT2D eigenvalue weighted by Gasteiger charge is -2.21. The molecule has 1 fully saturated rings. The fourth-order valence-electron chi connectivity index (χ4n) is 2.93. The molecule has 84 valence electrons. The van der Waals surface area contributed by atoms with Crippen LogP contribution >= 0.6 is 0 Å². The molecule has 0 amide bonds. The Bertz CT molecular complexity index is 291. The van der Waals surface area contributed by atoms with Crippen LogP contribution in [0.3, 0.4) is 0 Å². The number of carbonyl (C=O) groups is 1. The number of esters is 1. The van der Waals surface area contributed by atoms with Gasteiger partial charge in [-0.25, -0.2) is 0 Å². The van der Waals surface area contributed by atoms with Gasteiger partial charge in [0.25, 0.3) is 0 Å². The molecule has 2 atom stereocenters. The molecular weight excluding hydrogens is 188 g/mol. The van der Waals surface area contributed by atoms with E-state index in [0.717, 1.165) is 12.8 Å². The molecule has 0 aromatic heterocycles. The molecule has 15 heavy (non-hydrogen) atoms. The Hall–Kier alpha value is -0.790. The first-order chi connectivity index (χ1) is 7.18. The molecule has 0 bridgehead atoms. The Morgan fingerprint density at radius 2 is 2.00 bits per heavy atom. The molecule has 0 unspecified atom stereocenters. The zero-order valence-corrected chi connectivity index (χ0v) is 9.71. The highest BCUT2D eigenvalue weighted by Crippen LogP contribution is 2.38. The first-order valence-corrected chi connectivity index (χ1v) is 6.06. The van der Waals surface area contributed by atoms with Gasteiger partial charge in [-0.05, 0) is 46.0 Å². The van der Waals surface area contributed by atoms with Crippen molar-refractivity contribution in [2.75, 3.05) is 0 Å². The van der Waals surface area contributed by atoms with Gasteiger partial charge in [-0.2, -0.15) is 0 Å². The van der Waals surface area contributed by atoms with Crippen molar-refractivity contribution < 1.29 is 9.53 Å². The molecule has 0 radical (unpaired) electrons. The fourth-order valence-corrected chi connectivity index (χ4v) is 2.93. The van der Waals surface area contributed by atoms with Crippen molar-refractivity contribution in [2.24, 2.45) is 5.92 Å². The van der Waals surface area contributed by atoms with E-state index in [4.69, 9.17) is 4.74 Å². The van der Waals surface area contributed by atoms with E-state index in [-0.39, 0.29) is 12.1 Å². The molecule has 0 N–H and O–H groups in total. The molecule has 2 heteroatoms. The zero-order valence-electron chi connectivity index (χ0n) is 9.71. The maximum absolute atomic E-state index is 11.5. The number of hydrogen-bond acceptors (Lipinski definition) is 2. The van der Waals surface area contributed by atoms with Crippen LogP contribution in [0.2, 0.25) is 0 Å². The van der Waals surface area contributed by atoms with E-state index in [9.17, 15) is 4.79 Å². The SMILES string of the molecule is C/C1=C2\CCC[C@H]2[C@H](C)OC(=O)CCC1. The Morgan fingerprint density at radius 1 is 1.20 bits per heavy atom. The van der Waals surface area contributed by atoms with Gasteiger partial charge < -0.3 is 4.74 Å². The zero-order chi connectivity index (χ0) is 10.8. The highest BCUT2D eigenvalue weighted by atomic mass is 16.5. The van der Waals surface area contributed by atoms with Gasteiger partial charge in [0.1, 0.15) is 6.10 Å². The predicted octanol–water partition coefficient (Wildman–Crippen LogP) is 3.22. The third-order valence-electron chi connectivity index (χ3n) is 3.77. The van der Waals surface area contributed by atoms with Crippen LogP contribution in [0.1, 0.15) is 52.4 Å². The molecule has 1 aliphatic heterocycles. The average molecular weight is 208 g/mol. The van der Waals surface area contributed by atoms with Crippen molar-refractivity contribution in [2.45, 2.75) is 58.5 Å². The molecule has 1 aliphatic carbocycles. The summed E-state index contributed by atoms with van der Waals surface area (Å²) in [6, 6.07) is 0. The summed E-state index contributed by atoms with van der Waals surface area (Å²) in [5.74, 6) is 0.496. The van der Waals surface area contributed by atoms with Crippen LogP contribution < -0.4 is 0 Å². The smallest absolute Gasteiger partial charge is 0.306 e. The fraction of sp³-hybridized carbons (Fsp3) is 0.769. The van der Waals surface area contributed by atoms with E-state index < -0.39 is 0 Å². The number of ether oxygens (including phenoxy) is 1. The molecule has 2 rings (SSSR count). The lowest BCUT2D eigenvalue weighted by molar-refractivity contribution is -0.150. The summed E-state index contributed by atoms with van der Waals surface area (Å²) in [4.78, 5) is 11.5. The maximum Gasteiger partial charge on any atom is 0.306 e. The number of carbonyl (C=O) groups excluding carboxylic acids is 1. The first kappa shape index (κ1) is 10.7. The van der Waals surface area contributed by atoms with Crippen LogP contribution in [0.5, 0.6) is 0 Å². The maximum atomic E-state index is 11.5. The minimum Gasteiger partial charge on any atom is -0.462 e. The van der Waals surface area contributed by atoms with Crippen LogP contribution in [0.4, 0.5) is 0 Å². The minimum atomic E-state index is -0.0107. The summed E-state index contributed by atoms with van der Waals surface area (Å²) in [6.45, 7) is 4.28. The van der Waals surface area contributed by atoms with Crippen molar-refractivity contribution in [3.8, 4) is 0 Å². The summed E-state index contributed by atoms with van der Waals surface area (Å²) in [5.41, 5.74) is 3.10. The van der Waals surface area contributed by atoms with Gasteiger partial charge in [-0.3, -0.25) is 4.79 Å². The van der Waals surface area contributed by atoms with E-state index in [1.54, 1.807) is 5.57 Å². The van der Waals surface area contributed by atoms with Crippen LogP contribution in [-0.4, -0.2) is 12.1 Å². The second-order valence-electron chi connectivity index (χ2n) is 4.85. The molecule has 2 aliphatic rings. The van der Waals surface area contributed by atoms with Crippen molar-refractivity contribution >= 4 is 5.97 Å². The van der Waals surface area contributed by atoms with Gasteiger partial charge in [0.2, 0.25) is 0 Å². The summed E-state index contributed by atoms with van der Waals surface area (Å²) in [6.07, 6.45) is 6.38. The Morgan fingerprint density at radius 3 is 2.80 bits per heavy atom. The molecule has 0 saturated heterocycles.